The van der Waals surface area contributed by atoms with Crippen molar-refractivity contribution < 1.29 is 23.2 Å². The summed E-state index contributed by atoms with van der Waals surface area (Å²) >= 11 is 3.51. The molecule has 0 bridgehead atoms. The van der Waals surface area contributed by atoms with Crippen molar-refractivity contribution in [3.8, 4) is 0 Å². The van der Waals surface area contributed by atoms with Crippen molar-refractivity contribution in [2.45, 2.75) is 58.9 Å². The summed E-state index contributed by atoms with van der Waals surface area (Å²) in [6, 6.07) is 0.899. The van der Waals surface area contributed by atoms with E-state index in [1.807, 2.05) is 32.5 Å². The molecule has 0 aromatic rings. The molecule has 0 amide bonds. The SMILES string of the molecule is CCO[Si](CCCSCCCCCCSCC(=O)O)(OCC)OCC. The molecule has 0 rings (SSSR count). The van der Waals surface area contributed by atoms with E-state index in [2.05, 4.69) is 0 Å². The molecule has 0 spiro atoms. The summed E-state index contributed by atoms with van der Waals surface area (Å²) in [7, 11) is -2.46. The Balaban J connectivity index is 3.61. The minimum Gasteiger partial charge on any atom is -0.481 e. The van der Waals surface area contributed by atoms with E-state index in [1.54, 1.807) is 0 Å². The Morgan fingerprint density at radius 1 is 0.800 bits per heavy atom. The van der Waals surface area contributed by atoms with Gasteiger partial charge in [0.25, 0.3) is 0 Å². The molecular formula is C17H36O5S2Si. The van der Waals surface area contributed by atoms with Gasteiger partial charge in [0.2, 0.25) is 0 Å². The lowest BCUT2D eigenvalue weighted by atomic mass is 10.2. The zero-order valence-electron chi connectivity index (χ0n) is 16.1. The van der Waals surface area contributed by atoms with Crippen molar-refractivity contribution in [1.29, 1.82) is 0 Å². The Bertz CT molecular complexity index is 304. The van der Waals surface area contributed by atoms with Crippen molar-refractivity contribution >= 4 is 38.3 Å². The summed E-state index contributed by atoms with van der Waals surface area (Å²) in [4.78, 5) is 10.4. The fourth-order valence-electron chi connectivity index (χ4n) is 2.42. The molecule has 0 aromatic carbocycles. The number of carbonyl (C=O) groups is 1. The van der Waals surface area contributed by atoms with E-state index in [-0.39, 0.29) is 5.75 Å². The molecule has 0 aliphatic carbocycles. The van der Waals surface area contributed by atoms with Crippen molar-refractivity contribution in [3.63, 3.8) is 0 Å². The van der Waals surface area contributed by atoms with Crippen LogP contribution in [0.2, 0.25) is 6.04 Å². The van der Waals surface area contributed by atoms with Gasteiger partial charge in [-0.1, -0.05) is 12.8 Å². The van der Waals surface area contributed by atoms with Crippen LogP contribution in [0.3, 0.4) is 0 Å². The van der Waals surface area contributed by atoms with Gasteiger partial charge in [0.1, 0.15) is 0 Å². The van der Waals surface area contributed by atoms with E-state index in [0.717, 1.165) is 30.4 Å². The Hall–Kier alpha value is 0.267. The van der Waals surface area contributed by atoms with Crippen molar-refractivity contribution in [2.24, 2.45) is 0 Å². The van der Waals surface area contributed by atoms with E-state index in [1.165, 1.54) is 36.8 Å². The zero-order chi connectivity index (χ0) is 18.8. The van der Waals surface area contributed by atoms with E-state index >= 15 is 0 Å². The molecule has 0 fully saturated rings. The summed E-state index contributed by atoms with van der Waals surface area (Å²) in [5.74, 6) is 2.78. The second kappa shape index (κ2) is 17.7. The number of aliphatic carboxylic acids is 1. The monoisotopic (exact) mass is 412 g/mol. The second-order valence-corrected chi connectivity index (χ2v) is 10.6. The lowest BCUT2D eigenvalue weighted by Gasteiger charge is -2.28. The molecule has 0 heterocycles. The first-order valence-corrected chi connectivity index (χ1v) is 13.6. The van der Waals surface area contributed by atoms with Crippen LogP contribution in [-0.2, 0) is 18.1 Å². The van der Waals surface area contributed by atoms with Gasteiger partial charge in [-0.2, -0.15) is 23.5 Å². The van der Waals surface area contributed by atoms with Crippen LogP contribution in [0.25, 0.3) is 0 Å². The van der Waals surface area contributed by atoms with Crippen LogP contribution in [0.15, 0.2) is 0 Å². The first-order valence-electron chi connectivity index (χ1n) is 9.39. The summed E-state index contributed by atoms with van der Waals surface area (Å²) < 4.78 is 17.6. The van der Waals surface area contributed by atoms with Crippen LogP contribution >= 0.6 is 23.5 Å². The topological polar surface area (TPSA) is 65.0 Å². The summed E-state index contributed by atoms with van der Waals surface area (Å²) in [6.07, 6.45) is 5.86. The van der Waals surface area contributed by atoms with Gasteiger partial charge in [0.15, 0.2) is 0 Å². The third kappa shape index (κ3) is 15.1. The molecule has 0 aromatic heterocycles. The van der Waals surface area contributed by atoms with Gasteiger partial charge in [0.05, 0.1) is 5.75 Å². The highest BCUT2D eigenvalue weighted by atomic mass is 32.2. The van der Waals surface area contributed by atoms with Crippen LogP contribution < -0.4 is 0 Å². The molecule has 0 unspecified atom stereocenters. The lowest BCUT2D eigenvalue weighted by Crippen LogP contribution is -2.46. The molecule has 0 aliphatic rings. The van der Waals surface area contributed by atoms with Gasteiger partial charge in [0, 0.05) is 25.9 Å². The normalized spacial score (nSPS) is 11.8. The maximum atomic E-state index is 10.4. The fraction of sp³-hybridized carbons (Fsp3) is 0.941. The van der Waals surface area contributed by atoms with Crippen LogP contribution in [0.1, 0.15) is 52.9 Å². The van der Waals surface area contributed by atoms with E-state index in [4.69, 9.17) is 18.4 Å². The average Bonchev–Trinajstić information content (AvgIpc) is 2.56. The molecule has 150 valence electrons. The van der Waals surface area contributed by atoms with Crippen LogP contribution in [0, 0.1) is 0 Å². The number of carboxylic acid groups (broad SMARTS) is 1. The van der Waals surface area contributed by atoms with Crippen LogP contribution in [-0.4, -0.2) is 62.7 Å². The Morgan fingerprint density at radius 3 is 1.76 bits per heavy atom. The average molecular weight is 413 g/mol. The zero-order valence-corrected chi connectivity index (χ0v) is 18.7. The maximum absolute atomic E-state index is 10.4. The molecule has 0 saturated heterocycles. The second-order valence-electron chi connectivity index (χ2n) is 5.56. The number of carboxylic acids is 1. The highest BCUT2D eigenvalue weighted by molar-refractivity contribution is 7.99. The first kappa shape index (κ1) is 25.3. The molecule has 0 atom stereocenters. The number of hydrogen-bond acceptors (Lipinski definition) is 6. The summed E-state index contributed by atoms with van der Waals surface area (Å²) in [5.41, 5.74) is 0. The third-order valence-corrected chi connectivity index (χ3v) is 8.75. The van der Waals surface area contributed by atoms with Gasteiger partial charge in [-0.3, -0.25) is 4.79 Å². The number of thioether (sulfide) groups is 2. The van der Waals surface area contributed by atoms with Gasteiger partial charge in [-0.05, 0) is 57.3 Å². The summed E-state index contributed by atoms with van der Waals surface area (Å²) in [6.45, 7) is 7.91. The largest absolute Gasteiger partial charge is 0.500 e. The van der Waals surface area contributed by atoms with Gasteiger partial charge in [-0.25, -0.2) is 0 Å². The predicted octanol–water partition coefficient (Wildman–Crippen LogP) is 4.54. The molecular weight excluding hydrogens is 376 g/mol. The van der Waals surface area contributed by atoms with Crippen LogP contribution in [0.5, 0.6) is 0 Å². The Kier molecular flexibility index (Phi) is 17.9. The van der Waals surface area contributed by atoms with Crippen molar-refractivity contribution in [2.75, 3.05) is 42.8 Å². The molecule has 25 heavy (non-hydrogen) atoms. The van der Waals surface area contributed by atoms with Crippen molar-refractivity contribution in [3.05, 3.63) is 0 Å². The highest BCUT2D eigenvalue weighted by Gasteiger charge is 2.39. The Morgan fingerprint density at radius 2 is 1.28 bits per heavy atom. The van der Waals surface area contributed by atoms with Gasteiger partial charge >= 0.3 is 14.8 Å². The van der Waals surface area contributed by atoms with E-state index in [0.29, 0.717) is 19.8 Å². The van der Waals surface area contributed by atoms with Crippen molar-refractivity contribution in [1.82, 2.24) is 0 Å². The molecule has 0 aliphatic heterocycles. The van der Waals surface area contributed by atoms with Crippen LogP contribution in [0.4, 0.5) is 0 Å². The summed E-state index contributed by atoms with van der Waals surface area (Å²) in [5, 5.41) is 8.55. The number of hydrogen-bond donors (Lipinski definition) is 1. The molecule has 1 N–H and O–H groups in total. The van der Waals surface area contributed by atoms with E-state index in [9.17, 15) is 4.79 Å². The highest BCUT2D eigenvalue weighted by Crippen LogP contribution is 2.20. The minimum atomic E-state index is -2.46. The molecule has 5 nitrogen and oxygen atoms in total. The standard InChI is InChI=1S/C17H36O5S2Si/c1-4-20-25(21-5-2,22-6-3)15-11-14-23-12-9-7-8-10-13-24-16-17(18)19/h4-16H2,1-3H3,(H,18,19). The minimum absolute atomic E-state index is 0.228. The van der Waals surface area contributed by atoms with Gasteiger partial charge < -0.3 is 18.4 Å². The van der Waals surface area contributed by atoms with Gasteiger partial charge in [-0.15, -0.1) is 0 Å². The molecule has 0 saturated carbocycles. The molecule has 0 radical (unpaired) electrons. The molecule has 8 heteroatoms. The number of unbranched alkanes of at least 4 members (excludes halogenated alkanes) is 3. The Labute approximate surface area is 163 Å². The predicted molar refractivity (Wildman–Crippen MR) is 111 cm³/mol. The lowest BCUT2D eigenvalue weighted by molar-refractivity contribution is -0.133. The first-order chi connectivity index (χ1) is 12.1. The fourth-order valence-corrected chi connectivity index (χ4v) is 6.97. The quantitative estimate of drug-likeness (QED) is 0.247. The smallest absolute Gasteiger partial charge is 0.481 e. The number of rotatable bonds is 19. The third-order valence-electron chi connectivity index (χ3n) is 3.42. The van der Waals surface area contributed by atoms with E-state index < -0.39 is 14.8 Å². The maximum Gasteiger partial charge on any atom is 0.500 e.